The second-order valence-corrected chi connectivity index (χ2v) is 7.35. The van der Waals surface area contributed by atoms with Crippen LogP contribution in [0.15, 0.2) is 115 Å². The summed E-state index contributed by atoms with van der Waals surface area (Å²) >= 11 is 0. The van der Waals surface area contributed by atoms with Crippen molar-refractivity contribution in [3.05, 3.63) is 95.2 Å². The number of fused-ring (bicyclic) bond motifs is 4. The van der Waals surface area contributed by atoms with E-state index in [1.54, 1.807) is 6.92 Å². The van der Waals surface area contributed by atoms with Crippen LogP contribution >= 0.6 is 0 Å². The van der Waals surface area contributed by atoms with Crippen molar-refractivity contribution in [2.24, 2.45) is 20.0 Å². The normalized spacial score (nSPS) is 21.9. The summed E-state index contributed by atoms with van der Waals surface area (Å²) in [6, 6.07) is 0. The molecule has 0 spiro atoms. The van der Waals surface area contributed by atoms with E-state index in [0.29, 0.717) is 11.4 Å². The number of rotatable bonds is 4. The number of ether oxygens (including phenoxy) is 1. The Bertz CT molecular complexity index is 1210. The Hall–Kier alpha value is -3.58. The van der Waals surface area contributed by atoms with Crippen LogP contribution < -0.4 is 0 Å². The van der Waals surface area contributed by atoms with Crippen LogP contribution in [0.25, 0.3) is 0 Å². The van der Waals surface area contributed by atoms with Gasteiger partial charge in [0, 0.05) is 5.57 Å². The van der Waals surface area contributed by atoms with Gasteiger partial charge in [-0.15, -0.1) is 0 Å². The first kappa shape index (κ1) is 19.4. The van der Waals surface area contributed by atoms with E-state index in [4.69, 9.17) is 4.74 Å². The van der Waals surface area contributed by atoms with Crippen LogP contribution in [0.5, 0.6) is 0 Å². The number of nitrogens with zero attached hydrogens (tertiary/aromatic N) is 4. The summed E-state index contributed by atoms with van der Waals surface area (Å²) in [4.78, 5) is 18.5. The molecule has 1 atom stereocenters. The molecular weight excluding hydrogens is 398 g/mol. The minimum Gasteiger partial charge on any atom is -0.368 e. The average molecular weight is 416 g/mol. The molecule has 0 radical (unpaired) electrons. The SMILES string of the molecule is CC(OCC(F)F)C1=CC2=NC1=CC1=NC(=CC3=NC(=CC4=NC(=C2)C=C4)C=C3)C=C1. The van der Waals surface area contributed by atoms with Gasteiger partial charge in [0.15, 0.2) is 0 Å². The van der Waals surface area contributed by atoms with Crippen molar-refractivity contribution in [2.45, 2.75) is 19.5 Å². The van der Waals surface area contributed by atoms with Crippen LogP contribution in [0.3, 0.4) is 0 Å². The Morgan fingerprint density at radius 2 is 1.19 bits per heavy atom. The highest BCUT2D eigenvalue weighted by atomic mass is 19.3. The molecular formula is C24H18F2N4O. The maximum Gasteiger partial charge on any atom is 0.261 e. The summed E-state index contributed by atoms with van der Waals surface area (Å²) in [5, 5.41) is 0. The number of halogens is 2. The molecule has 154 valence electrons. The summed E-state index contributed by atoms with van der Waals surface area (Å²) < 4.78 is 30.6. The van der Waals surface area contributed by atoms with Gasteiger partial charge in [0.25, 0.3) is 6.43 Å². The van der Waals surface area contributed by atoms with E-state index in [-0.39, 0.29) is 0 Å². The van der Waals surface area contributed by atoms with E-state index < -0.39 is 19.1 Å². The molecule has 5 nitrogen and oxygen atoms in total. The Labute approximate surface area is 178 Å². The van der Waals surface area contributed by atoms with Gasteiger partial charge < -0.3 is 4.74 Å². The van der Waals surface area contributed by atoms with Crippen LogP contribution in [0, 0.1) is 0 Å². The summed E-state index contributed by atoms with van der Waals surface area (Å²) in [5.41, 5.74) is 6.72. The molecule has 0 aromatic rings. The second kappa shape index (κ2) is 7.92. The largest absolute Gasteiger partial charge is 0.368 e. The summed E-state index contributed by atoms with van der Waals surface area (Å²) in [6.07, 6.45) is 17.8. The van der Waals surface area contributed by atoms with Gasteiger partial charge in [-0.25, -0.2) is 28.8 Å². The molecule has 0 amide bonds. The first-order valence-corrected chi connectivity index (χ1v) is 9.89. The number of aliphatic imine (C=N–C) groups is 4. The molecule has 1 unspecified atom stereocenters. The first-order chi connectivity index (χ1) is 15.0. The van der Waals surface area contributed by atoms with Crippen molar-refractivity contribution in [1.29, 1.82) is 0 Å². The van der Waals surface area contributed by atoms with E-state index in [1.165, 1.54) is 0 Å². The van der Waals surface area contributed by atoms with Crippen LogP contribution in [0.2, 0.25) is 0 Å². The van der Waals surface area contributed by atoms with Gasteiger partial charge in [-0.1, -0.05) is 0 Å². The van der Waals surface area contributed by atoms with Gasteiger partial charge in [0.1, 0.15) is 6.61 Å². The molecule has 8 bridgehead atoms. The minimum atomic E-state index is -2.53. The van der Waals surface area contributed by atoms with Gasteiger partial charge in [-0.05, 0) is 73.8 Å². The molecule has 0 fully saturated rings. The predicted molar refractivity (Wildman–Crippen MR) is 119 cm³/mol. The fraction of sp³-hybridized carbons (Fsp3) is 0.167. The predicted octanol–water partition coefficient (Wildman–Crippen LogP) is 4.62. The highest BCUT2D eigenvalue weighted by molar-refractivity contribution is 6.15. The lowest BCUT2D eigenvalue weighted by molar-refractivity contribution is -0.00374. The third-order valence-electron chi connectivity index (χ3n) is 4.98. The van der Waals surface area contributed by atoms with Gasteiger partial charge in [0.05, 0.1) is 51.7 Å². The Morgan fingerprint density at radius 1 is 0.677 bits per heavy atom. The van der Waals surface area contributed by atoms with Crippen molar-refractivity contribution in [1.82, 2.24) is 0 Å². The van der Waals surface area contributed by atoms with E-state index in [1.807, 2.05) is 66.8 Å². The molecule has 0 aliphatic carbocycles. The zero-order chi connectivity index (χ0) is 21.4. The van der Waals surface area contributed by atoms with E-state index in [2.05, 4.69) is 20.0 Å². The Kier molecular flexibility index (Phi) is 4.95. The Morgan fingerprint density at radius 3 is 1.74 bits per heavy atom. The second-order valence-electron chi connectivity index (χ2n) is 7.35. The smallest absolute Gasteiger partial charge is 0.261 e. The zero-order valence-electron chi connectivity index (χ0n) is 16.7. The molecule has 31 heavy (non-hydrogen) atoms. The number of hydrogen-bond donors (Lipinski definition) is 0. The molecule has 0 N–H and O–H groups in total. The third kappa shape index (κ3) is 4.32. The monoisotopic (exact) mass is 416 g/mol. The van der Waals surface area contributed by atoms with Crippen LogP contribution in [-0.2, 0) is 4.74 Å². The van der Waals surface area contributed by atoms with Gasteiger partial charge in [-0.2, -0.15) is 0 Å². The maximum atomic E-state index is 12.6. The van der Waals surface area contributed by atoms with Gasteiger partial charge in [-0.3, -0.25) is 0 Å². The molecule has 0 aromatic carbocycles. The van der Waals surface area contributed by atoms with Crippen LogP contribution in [0.1, 0.15) is 6.92 Å². The summed E-state index contributed by atoms with van der Waals surface area (Å²) in [6.45, 7) is 1.11. The fourth-order valence-corrected chi connectivity index (χ4v) is 3.55. The van der Waals surface area contributed by atoms with Crippen molar-refractivity contribution in [3.8, 4) is 0 Å². The summed E-state index contributed by atoms with van der Waals surface area (Å²) in [5.74, 6) is 0. The first-order valence-electron chi connectivity index (χ1n) is 9.89. The molecule has 5 rings (SSSR count). The molecule has 0 aromatic heterocycles. The lowest BCUT2D eigenvalue weighted by Gasteiger charge is -2.14. The quantitative estimate of drug-likeness (QED) is 0.660. The number of allylic oxidation sites excluding steroid dienone is 11. The average Bonchev–Trinajstić information content (AvgIpc) is 3.51. The Balaban J connectivity index is 1.56. The topological polar surface area (TPSA) is 58.7 Å². The standard InChI is InChI=1S/C24H18F2N4O/c1-14(31-13-24(25)26)22-11-21-10-19-5-4-17(28-19)8-15-2-3-16(27-15)9-18-6-7-20(29-18)12-23(22)30-21/h2-12,14,24H,13H2,1H3. The molecule has 5 aliphatic heterocycles. The van der Waals surface area contributed by atoms with Gasteiger partial charge in [0.2, 0.25) is 0 Å². The van der Waals surface area contributed by atoms with E-state index >= 15 is 0 Å². The maximum absolute atomic E-state index is 12.6. The molecule has 5 heterocycles. The molecule has 5 aliphatic rings. The lowest BCUT2D eigenvalue weighted by atomic mass is 10.1. The van der Waals surface area contributed by atoms with E-state index in [9.17, 15) is 8.78 Å². The molecule has 0 saturated heterocycles. The lowest BCUT2D eigenvalue weighted by Crippen LogP contribution is -2.16. The van der Waals surface area contributed by atoms with E-state index in [0.717, 1.165) is 39.8 Å². The molecule has 7 heteroatoms. The number of hydrogen-bond acceptors (Lipinski definition) is 5. The van der Waals surface area contributed by atoms with Crippen molar-refractivity contribution >= 4 is 22.8 Å². The minimum absolute atomic E-state index is 0.541. The van der Waals surface area contributed by atoms with Crippen molar-refractivity contribution in [2.75, 3.05) is 6.61 Å². The molecule has 0 saturated carbocycles. The number of alkyl halides is 2. The zero-order valence-corrected chi connectivity index (χ0v) is 16.7. The van der Waals surface area contributed by atoms with Crippen LogP contribution in [-0.4, -0.2) is 42.0 Å². The fourth-order valence-electron chi connectivity index (χ4n) is 3.55. The van der Waals surface area contributed by atoms with Gasteiger partial charge >= 0.3 is 0 Å². The highest BCUT2D eigenvalue weighted by Gasteiger charge is 2.22. The third-order valence-corrected chi connectivity index (χ3v) is 4.98. The van der Waals surface area contributed by atoms with Crippen LogP contribution in [0.4, 0.5) is 8.78 Å². The van der Waals surface area contributed by atoms with Crippen molar-refractivity contribution in [3.63, 3.8) is 0 Å². The highest BCUT2D eigenvalue weighted by Crippen LogP contribution is 2.27. The van der Waals surface area contributed by atoms with Crippen molar-refractivity contribution < 1.29 is 13.5 Å². The summed E-state index contributed by atoms with van der Waals surface area (Å²) in [7, 11) is 0.